The standard InChI is InChI=1S/C7H7.C3H7.ClH.Mg/c1-7-5-3-2-4-6-7;1-3-2;;/h2-5H,1H3;1,3H2,2H3;1H;/q2*-1;;+2. The molecule has 0 spiro atoms. The summed E-state index contributed by atoms with van der Waals surface area (Å²) in [6.45, 7) is 7.53. The van der Waals surface area contributed by atoms with Gasteiger partial charge < -0.3 is 6.92 Å². The van der Waals surface area contributed by atoms with E-state index in [9.17, 15) is 0 Å². The van der Waals surface area contributed by atoms with Gasteiger partial charge in [0.15, 0.2) is 0 Å². The fraction of sp³-hybridized carbons (Fsp3) is 0.300. The van der Waals surface area contributed by atoms with Gasteiger partial charge in [-0.15, -0.1) is 12.4 Å². The molecule has 0 aliphatic carbocycles. The fourth-order valence-corrected chi connectivity index (χ4v) is 0.483. The summed E-state index contributed by atoms with van der Waals surface area (Å²) in [6.07, 6.45) is 1.00. The maximum atomic E-state index is 3.49. The zero-order chi connectivity index (χ0) is 7.82. The van der Waals surface area contributed by atoms with Gasteiger partial charge in [-0.2, -0.15) is 42.3 Å². The molecule has 0 N–H and O–H groups in total. The molecule has 0 unspecified atom stereocenters. The first kappa shape index (κ1) is 18.1. The molecule has 0 aromatic heterocycles. The quantitative estimate of drug-likeness (QED) is 0.440. The first-order chi connectivity index (χ1) is 4.81. The molecule has 0 saturated heterocycles. The minimum Gasteiger partial charge on any atom is -0.344 e. The van der Waals surface area contributed by atoms with Crippen LogP contribution in [0.5, 0.6) is 0 Å². The van der Waals surface area contributed by atoms with Crippen molar-refractivity contribution in [1.82, 2.24) is 0 Å². The summed E-state index contributed by atoms with van der Waals surface area (Å²) in [7, 11) is 0. The van der Waals surface area contributed by atoms with E-state index in [0.717, 1.165) is 6.42 Å². The van der Waals surface area contributed by atoms with Crippen molar-refractivity contribution in [2.45, 2.75) is 20.3 Å². The van der Waals surface area contributed by atoms with Crippen molar-refractivity contribution in [2.75, 3.05) is 0 Å². The first-order valence-corrected chi connectivity index (χ1v) is 3.53. The van der Waals surface area contributed by atoms with Gasteiger partial charge in [0.25, 0.3) is 0 Å². The van der Waals surface area contributed by atoms with Crippen molar-refractivity contribution < 1.29 is 0 Å². The van der Waals surface area contributed by atoms with Gasteiger partial charge in [-0.3, -0.25) is 0 Å². The van der Waals surface area contributed by atoms with E-state index in [2.05, 4.69) is 13.0 Å². The maximum Gasteiger partial charge on any atom is 2.00 e. The molecule has 0 aliphatic heterocycles. The van der Waals surface area contributed by atoms with Crippen LogP contribution in [0.15, 0.2) is 24.3 Å². The Morgan fingerprint density at radius 1 is 1.42 bits per heavy atom. The van der Waals surface area contributed by atoms with Crippen LogP contribution in [-0.4, -0.2) is 23.1 Å². The number of hydrogen-bond acceptors (Lipinski definition) is 0. The van der Waals surface area contributed by atoms with Crippen molar-refractivity contribution in [3.05, 3.63) is 42.8 Å². The minimum absolute atomic E-state index is 0. The predicted octanol–water partition coefficient (Wildman–Crippen LogP) is 3.07. The molecule has 12 heavy (non-hydrogen) atoms. The molecule has 1 aromatic carbocycles. The summed E-state index contributed by atoms with van der Waals surface area (Å²) in [4.78, 5) is 0. The molecule has 0 radical (unpaired) electrons. The third-order valence-corrected chi connectivity index (χ3v) is 0.865. The summed E-state index contributed by atoms with van der Waals surface area (Å²) in [5.41, 5.74) is 1.20. The average molecular weight is 195 g/mol. The van der Waals surface area contributed by atoms with Gasteiger partial charge in [0.05, 0.1) is 0 Å². The van der Waals surface area contributed by atoms with Crippen LogP contribution in [0.3, 0.4) is 0 Å². The smallest absolute Gasteiger partial charge is 0.344 e. The van der Waals surface area contributed by atoms with Crippen LogP contribution in [0.4, 0.5) is 0 Å². The Labute approximate surface area is 98.3 Å². The third-order valence-electron chi connectivity index (χ3n) is 0.865. The molecule has 0 bridgehead atoms. The average Bonchev–Trinajstić information content (AvgIpc) is 1.91. The normalized spacial score (nSPS) is 6.58. The van der Waals surface area contributed by atoms with E-state index in [1.807, 2.05) is 38.1 Å². The molecule has 1 aromatic rings. The second kappa shape index (κ2) is 13.8. The molecule has 2 heteroatoms. The minimum atomic E-state index is 0. The number of halogens is 1. The number of benzene rings is 1. The molecule has 0 nitrogen and oxygen atoms in total. The number of aryl methyl sites for hydroxylation is 1. The van der Waals surface area contributed by atoms with E-state index < -0.39 is 0 Å². The van der Waals surface area contributed by atoms with Crippen molar-refractivity contribution >= 4 is 35.5 Å². The van der Waals surface area contributed by atoms with Gasteiger partial charge >= 0.3 is 23.1 Å². The summed E-state index contributed by atoms with van der Waals surface area (Å²) in [5.74, 6) is 0. The largest absolute Gasteiger partial charge is 2.00 e. The Balaban J connectivity index is -0.000000146. The SMILES string of the molecule is Cc1[c-]cccc1.Cl.[CH2-]CC.[Mg+2]. The van der Waals surface area contributed by atoms with E-state index in [1.54, 1.807) is 0 Å². The van der Waals surface area contributed by atoms with Gasteiger partial charge in [-0.25, -0.2) is 0 Å². The van der Waals surface area contributed by atoms with Crippen LogP contribution in [0.1, 0.15) is 18.9 Å². The van der Waals surface area contributed by atoms with Gasteiger partial charge in [0.1, 0.15) is 0 Å². The molecule has 64 valence electrons. The first-order valence-electron chi connectivity index (χ1n) is 3.53. The predicted molar refractivity (Wildman–Crippen MR) is 58.7 cm³/mol. The molecule has 0 fully saturated rings. The Morgan fingerprint density at radius 2 is 1.92 bits per heavy atom. The summed E-state index contributed by atoms with van der Waals surface area (Å²) in [5, 5.41) is 0. The van der Waals surface area contributed by atoms with Gasteiger partial charge in [-0.05, 0) is 0 Å². The molecule has 0 saturated carbocycles. The van der Waals surface area contributed by atoms with E-state index >= 15 is 0 Å². The second-order valence-corrected chi connectivity index (χ2v) is 2.05. The fourth-order valence-electron chi connectivity index (χ4n) is 0.483. The molecule has 1 rings (SSSR count). The van der Waals surface area contributed by atoms with Crippen molar-refractivity contribution in [3.63, 3.8) is 0 Å². The molecule has 0 atom stereocenters. The zero-order valence-corrected chi connectivity index (χ0v) is 10.1. The van der Waals surface area contributed by atoms with E-state index in [1.165, 1.54) is 5.56 Å². The maximum absolute atomic E-state index is 3.49. The van der Waals surface area contributed by atoms with Gasteiger partial charge in [-0.1, -0.05) is 13.8 Å². The molecule has 0 heterocycles. The molecule has 0 aliphatic rings. The number of hydrogen-bond donors (Lipinski definition) is 0. The topological polar surface area (TPSA) is 0 Å². The molecular formula is C10H15ClMg. The van der Waals surface area contributed by atoms with Gasteiger partial charge in [0.2, 0.25) is 0 Å². The summed E-state index contributed by atoms with van der Waals surface area (Å²) in [6, 6.07) is 10.9. The number of rotatable bonds is 0. The van der Waals surface area contributed by atoms with Crippen LogP contribution in [-0.2, 0) is 0 Å². The third kappa shape index (κ3) is 12.9. The van der Waals surface area contributed by atoms with Crippen LogP contribution in [0.25, 0.3) is 0 Å². The van der Waals surface area contributed by atoms with E-state index in [-0.39, 0.29) is 35.5 Å². The Morgan fingerprint density at radius 3 is 2.08 bits per heavy atom. The van der Waals surface area contributed by atoms with Crippen molar-refractivity contribution in [1.29, 1.82) is 0 Å². The zero-order valence-electron chi connectivity index (χ0n) is 7.84. The van der Waals surface area contributed by atoms with Crippen LogP contribution >= 0.6 is 12.4 Å². The second-order valence-electron chi connectivity index (χ2n) is 2.05. The van der Waals surface area contributed by atoms with Crippen molar-refractivity contribution in [2.24, 2.45) is 0 Å². The van der Waals surface area contributed by atoms with E-state index in [0.29, 0.717) is 0 Å². The van der Waals surface area contributed by atoms with Gasteiger partial charge in [0, 0.05) is 0 Å². The Kier molecular flexibility index (Phi) is 20.9. The van der Waals surface area contributed by atoms with Crippen LogP contribution < -0.4 is 0 Å². The summed E-state index contributed by atoms with van der Waals surface area (Å²) < 4.78 is 0. The van der Waals surface area contributed by atoms with Crippen molar-refractivity contribution in [3.8, 4) is 0 Å². The molecule has 0 amide bonds. The van der Waals surface area contributed by atoms with Crippen LogP contribution in [0.2, 0.25) is 0 Å². The van der Waals surface area contributed by atoms with Crippen LogP contribution in [0, 0.1) is 19.9 Å². The molecular weight excluding hydrogens is 180 g/mol. The van der Waals surface area contributed by atoms with E-state index in [4.69, 9.17) is 0 Å². The Bertz CT molecular complexity index is 151. The Hall–Kier alpha value is 0.276. The summed E-state index contributed by atoms with van der Waals surface area (Å²) >= 11 is 0. The monoisotopic (exact) mass is 194 g/mol.